The number of esters is 1. The molecule has 1 aromatic rings. The first-order valence-electron chi connectivity index (χ1n) is 6.35. The predicted octanol–water partition coefficient (Wildman–Crippen LogP) is 2.16. The van der Waals surface area contributed by atoms with Crippen LogP contribution in [-0.2, 0) is 4.74 Å². The van der Waals surface area contributed by atoms with Gasteiger partial charge in [-0.3, -0.25) is 4.90 Å². The van der Waals surface area contributed by atoms with Gasteiger partial charge in [0.25, 0.3) is 0 Å². The lowest BCUT2D eigenvalue weighted by Gasteiger charge is -2.25. The molecule has 0 saturated heterocycles. The van der Waals surface area contributed by atoms with Gasteiger partial charge < -0.3 is 10.5 Å². The van der Waals surface area contributed by atoms with Gasteiger partial charge in [-0.15, -0.1) is 0 Å². The zero-order valence-electron chi connectivity index (χ0n) is 11.3. The molecule has 0 bridgehead atoms. The Morgan fingerprint density at radius 1 is 1.28 bits per heavy atom. The van der Waals surface area contributed by atoms with Crippen molar-refractivity contribution < 1.29 is 9.53 Å². The Bertz CT molecular complexity index is 372. The van der Waals surface area contributed by atoms with Gasteiger partial charge in [0.05, 0.1) is 5.56 Å². The molecule has 0 spiro atoms. The van der Waals surface area contributed by atoms with Gasteiger partial charge >= 0.3 is 5.97 Å². The van der Waals surface area contributed by atoms with Crippen LogP contribution in [0.5, 0.6) is 0 Å². The molecule has 4 heteroatoms. The number of ether oxygens (including phenoxy) is 1. The van der Waals surface area contributed by atoms with Crippen molar-refractivity contribution in [2.24, 2.45) is 0 Å². The smallest absolute Gasteiger partial charge is 0.338 e. The number of nitrogens with zero attached hydrogens (tertiary/aromatic N) is 1. The summed E-state index contributed by atoms with van der Waals surface area (Å²) in [6.07, 6.45) is 0. The van der Waals surface area contributed by atoms with Crippen molar-refractivity contribution >= 4 is 11.7 Å². The van der Waals surface area contributed by atoms with Crippen molar-refractivity contribution in [3.63, 3.8) is 0 Å². The number of likely N-dealkylation sites (N-methyl/N-ethyl adjacent to an activating group) is 1. The highest BCUT2D eigenvalue weighted by atomic mass is 16.5. The van der Waals surface area contributed by atoms with Gasteiger partial charge in [-0.2, -0.15) is 0 Å². The van der Waals surface area contributed by atoms with E-state index in [9.17, 15) is 4.79 Å². The Morgan fingerprint density at radius 3 is 2.33 bits per heavy atom. The molecule has 1 aromatic carbocycles. The SMILES string of the molecule is CCN(CC)C(C)COC(=O)c1ccc(N)cc1. The molecule has 1 atom stereocenters. The highest BCUT2D eigenvalue weighted by molar-refractivity contribution is 5.89. The molecule has 0 saturated carbocycles. The van der Waals surface area contributed by atoms with E-state index in [-0.39, 0.29) is 12.0 Å². The summed E-state index contributed by atoms with van der Waals surface area (Å²) in [7, 11) is 0. The molecule has 0 aliphatic carbocycles. The van der Waals surface area contributed by atoms with Crippen LogP contribution in [0.3, 0.4) is 0 Å². The molecule has 1 rings (SSSR count). The van der Waals surface area contributed by atoms with Crippen molar-refractivity contribution in [1.29, 1.82) is 0 Å². The maximum atomic E-state index is 11.8. The lowest BCUT2D eigenvalue weighted by atomic mass is 10.2. The molecular formula is C14H22N2O2. The summed E-state index contributed by atoms with van der Waals surface area (Å²) in [5.41, 5.74) is 6.75. The highest BCUT2D eigenvalue weighted by Gasteiger charge is 2.13. The standard InChI is InChI=1S/C14H22N2O2/c1-4-16(5-2)11(3)10-18-14(17)12-6-8-13(15)9-7-12/h6-9,11H,4-5,10,15H2,1-3H3. The summed E-state index contributed by atoms with van der Waals surface area (Å²) < 4.78 is 5.29. The van der Waals surface area contributed by atoms with Gasteiger partial charge in [-0.25, -0.2) is 4.79 Å². The number of hydrogen-bond donors (Lipinski definition) is 1. The van der Waals surface area contributed by atoms with Crippen LogP contribution in [0.2, 0.25) is 0 Å². The minimum atomic E-state index is -0.297. The molecule has 0 fully saturated rings. The Hall–Kier alpha value is -1.55. The minimum absolute atomic E-state index is 0.234. The third kappa shape index (κ3) is 4.04. The number of nitrogens with two attached hydrogens (primary N) is 1. The monoisotopic (exact) mass is 250 g/mol. The van der Waals surface area contributed by atoms with Crippen LogP contribution in [0.25, 0.3) is 0 Å². The van der Waals surface area contributed by atoms with Crippen molar-refractivity contribution in [3.8, 4) is 0 Å². The molecule has 0 aromatic heterocycles. The van der Waals surface area contributed by atoms with E-state index in [2.05, 4.69) is 25.7 Å². The summed E-state index contributed by atoms with van der Waals surface area (Å²) in [6, 6.07) is 6.99. The van der Waals surface area contributed by atoms with E-state index in [0.717, 1.165) is 13.1 Å². The zero-order chi connectivity index (χ0) is 13.5. The highest BCUT2D eigenvalue weighted by Crippen LogP contribution is 2.08. The molecule has 18 heavy (non-hydrogen) atoms. The number of anilines is 1. The minimum Gasteiger partial charge on any atom is -0.460 e. The molecular weight excluding hydrogens is 228 g/mol. The number of rotatable bonds is 6. The van der Waals surface area contributed by atoms with Crippen LogP contribution in [0.1, 0.15) is 31.1 Å². The lowest BCUT2D eigenvalue weighted by Crippen LogP contribution is -2.36. The quantitative estimate of drug-likeness (QED) is 0.621. The van der Waals surface area contributed by atoms with E-state index in [4.69, 9.17) is 10.5 Å². The second kappa shape index (κ2) is 7.01. The predicted molar refractivity (Wildman–Crippen MR) is 73.5 cm³/mol. The van der Waals surface area contributed by atoms with Crippen LogP contribution in [0.4, 0.5) is 5.69 Å². The number of nitrogen functional groups attached to an aromatic ring is 1. The molecule has 0 aliphatic rings. The van der Waals surface area contributed by atoms with E-state index >= 15 is 0 Å². The third-order valence-corrected chi connectivity index (χ3v) is 3.04. The van der Waals surface area contributed by atoms with Crippen LogP contribution in [0.15, 0.2) is 24.3 Å². The first-order valence-corrected chi connectivity index (χ1v) is 6.35. The molecule has 0 aliphatic heterocycles. The lowest BCUT2D eigenvalue weighted by molar-refractivity contribution is 0.0381. The van der Waals surface area contributed by atoms with Gasteiger partial charge in [0.15, 0.2) is 0 Å². The molecule has 2 N–H and O–H groups in total. The first-order chi connectivity index (χ1) is 8.58. The van der Waals surface area contributed by atoms with Crippen molar-refractivity contribution in [3.05, 3.63) is 29.8 Å². The fourth-order valence-corrected chi connectivity index (χ4v) is 1.85. The Morgan fingerprint density at radius 2 is 1.83 bits per heavy atom. The Balaban J connectivity index is 2.48. The largest absolute Gasteiger partial charge is 0.460 e. The fraction of sp³-hybridized carbons (Fsp3) is 0.500. The van der Waals surface area contributed by atoms with Gasteiger partial charge in [-0.1, -0.05) is 13.8 Å². The summed E-state index contributed by atoms with van der Waals surface area (Å²) in [5.74, 6) is -0.297. The summed E-state index contributed by atoms with van der Waals surface area (Å²) in [6.45, 7) is 8.58. The molecule has 4 nitrogen and oxygen atoms in total. The fourth-order valence-electron chi connectivity index (χ4n) is 1.85. The summed E-state index contributed by atoms with van der Waals surface area (Å²) in [5, 5.41) is 0. The number of benzene rings is 1. The number of carbonyl (C=O) groups is 1. The molecule has 1 unspecified atom stereocenters. The van der Waals surface area contributed by atoms with Gasteiger partial charge in [0.2, 0.25) is 0 Å². The number of hydrogen-bond acceptors (Lipinski definition) is 4. The van der Waals surface area contributed by atoms with E-state index in [1.807, 2.05) is 0 Å². The van der Waals surface area contributed by atoms with E-state index < -0.39 is 0 Å². The zero-order valence-corrected chi connectivity index (χ0v) is 11.3. The number of carbonyl (C=O) groups excluding carboxylic acids is 1. The van der Waals surface area contributed by atoms with E-state index in [0.29, 0.717) is 17.9 Å². The molecule has 0 heterocycles. The first kappa shape index (κ1) is 14.5. The second-order valence-corrected chi connectivity index (χ2v) is 4.29. The third-order valence-electron chi connectivity index (χ3n) is 3.04. The van der Waals surface area contributed by atoms with Crippen molar-refractivity contribution in [2.45, 2.75) is 26.8 Å². The van der Waals surface area contributed by atoms with Gasteiger partial charge in [-0.05, 0) is 44.3 Å². The summed E-state index contributed by atoms with van der Waals surface area (Å²) >= 11 is 0. The Labute approximate surface area is 109 Å². The van der Waals surface area contributed by atoms with Crippen LogP contribution >= 0.6 is 0 Å². The Kier molecular flexibility index (Phi) is 5.65. The molecule has 0 amide bonds. The summed E-state index contributed by atoms with van der Waals surface area (Å²) in [4.78, 5) is 14.0. The van der Waals surface area contributed by atoms with Crippen LogP contribution in [-0.4, -0.2) is 36.6 Å². The van der Waals surface area contributed by atoms with Crippen LogP contribution < -0.4 is 5.73 Å². The van der Waals surface area contributed by atoms with Gasteiger partial charge in [0.1, 0.15) is 6.61 Å². The van der Waals surface area contributed by atoms with Gasteiger partial charge in [0, 0.05) is 11.7 Å². The van der Waals surface area contributed by atoms with E-state index in [1.54, 1.807) is 24.3 Å². The molecule has 0 radical (unpaired) electrons. The average molecular weight is 250 g/mol. The second-order valence-electron chi connectivity index (χ2n) is 4.29. The average Bonchev–Trinajstić information content (AvgIpc) is 2.38. The maximum Gasteiger partial charge on any atom is 0.338 e. The topological polar surface area (TPSA) is 55.6 Å². The molecule has 100 valence electrons. The van der Waals surface area contributed by atoms with Crippen molar-refractivity contribution in [2.75, 3.05) is 25.4 Å². The van der Waals surface area contributed by atoms with Crippen LogP contribution in [0, 0.1) is 0 Å². The van der Waals surface area contributed by atoms with E-state index in [1.165, 1.54) is 0 Å². The normalized spacial score (nSPS) is 12.4. The maximum absolute atomic E-state index is 11.8. The van der Waals surface area contributed by atoms with Crippen molar-refractivity contribution in [1.82, 2.24) is 4.90 Å².